The van der Waals surface area contributed by atoms with Crippen LogP contribution in [-0.4, -0.2) is 18.0 Å². The predicted molar refractivity (Wildman–Crippen MR) is 46.0 cm³/mol. The van der Waals surface area contributed by atoms with Gasteiger partial charge in [0.05, 0.1) is 6.10 Å². The number of carbonyl (C=O) groups excluding carboxylic acids is 1. The molecule has 0 radical (unpaired) electrons. The number of ether oxygens (including phenoxy) is 1. The molecule has 1 heterocycles. The van der Waals surface area contributed by atoms with Crippen LogP contribution in [0, 0.1) is 23.7 Å². The first-order valence-corrected chi connectivity index (χ1v) is 5.22. The highest BCUT2D eigenvalue weighted by molar-refractivity contribution is 5.90. The number of allylic oxidation sites excluding steroid dienone is 2. The smallest absolute Gasteiger partial charge is 0.168 e. The molecular formula is C11H12O2. The molecule has 3 aliphatic carbocycles. The Labute approximate surface area is 77.0 Å². The third-order valence-corrected chi connectivity index (χ3v) is 4.32. The molecule has 4 rings (SSSR count). The number of epoxide rings is 1. The van der Waals surface area contributed by atoms with E-state index in [0.29, 0.717) is 35.6 Å². The van der Waals surface area contributed by atoms with E-state index in [4.69, 9.17) is 4.74 Å². The van der Waals surface area contributed by atoms with Gasteiger partial charge in [-0.25, -0.2) is 0 Å². The van der Waals surface area contributed by atoms with Crippen LogP contribution in [0.15, 0.2) is 12.2 Å². The van der Waals surface area contributed by atoms with Crippen LogP contribution in [0.25, 0.3) is 0 Å². The van der Waals surface area contributed by atoms with Crippen LogP contribution in [0.3, 0.4) is 0 Å². The van der Waals surface area contributed by atoms with E-state index in [1.54, 1.807) is 0 Å². The molecule has 1 saturated heterocycles. The first-order chi connectivity index (χ1) is 6.34. The largest absolute Gasteiger partial charge is 0.361 e. The summed E-state index contributed by atoms with van der Waals surface area (Å²) in [4.78, 5) is 11.9. The number of carbonyl (C=O) groups is 1. The molecule has 1 aliphatic heterocycles. The number of ketones is 1. The zero-order chi connectivity index (χ0) is 8.58. The molecule has 0 aromatic rings. The van der Waals surface area contributed by atoms with Crippen molar-refractivity contribution >= 4 is 5.78 Å². The van der Waals surface area contributed by atoms with E-state index in [9.17, 15) is 4.79 Å². The first-order valence-electron chi connectivity index (χ1n) is 5.22. The average molecular weight is 176 g/mol. The fourth-order valence-corrected chi connectivity index (χ4v) is 3.70. The molecule has 6 atom stereocenters. The van der Waals surface area contributed by atoms with E-state index in [1.165, 1.54) is 6.42 Å². The van der Waals surface area contributed by atoms with Crippen LogP contribution < -0.4 is 0 Å². The van der Waals surface area contributed by atoms with Gasteiger partial charge < -0.3 is 4.74 Å². The SMILES string of the molecule is O=C1[C@@H]2[C@H](C[C@@H]3O[C@H]13)[C@@H]1C=C[C@H]2C1. The molecule has 0 aromatic heterocycles. The number of hydrogen-bond donors (Lipinski definition) is 0. The Morgan fingerprint density at radius 3 is 3.00 bits per heavy atom. The van der Waals surface area contributed by atoms with Gasteiger partial charge in [0.25, 0.3) is 0 Å². The van der Waals surface area contributed by atoms with E-state index in [2.05, 4.69) is 12.2 Å². The minimum Gasteiger partial charge on any atom is -0.361 e. The van der Waals surface area contributed by atoms with Gasteiger partial charge in [-0.2, -0.15) is 0 Å². The molecule has 2 nitrogen and oxygen atoms in total. The molecule has 2 heteroatoms. The molecule has 0 spiro atoms. The highest BCUT2D eigenvalue weighted by Crippen LogP contribution is 2.56. The van der Waals surface area contributed by atoms with Crippen LogP contribution in [-0.2, 0) is 9.53 Å². The number of hydrogen-bond acceptors (Lipinski definition) is 2. The summed E-state index contributed by atoms with van der Waals surface area (Å²) in [5.74, 6) is 2.64. The van der Waals surface area contributed by atoms with Crippen LogP contribution in [0.2, 0.25) is 0 Å². The van der Waals surface area contributed by atoms with Crippen LogP contribution >= 0.6 is 0 Å². The molecule has 0 N–H and O–H groups in total. The summed E-state index contributed by atoms with van der Waals surface area (Å²) in [7, 11) is 0. The van der Waals surface area contributed by atoms with Crippen molar-refractivity contribution in [2.45, 2.75) is 25.0 Å². The van der Waals surface area contributed by atoms with Gasteiger partial charge in [-0.05, 0) is 30.6 Å². The van der Waals surface area contributed by atoms with Crippen molar-refractivity contribution in [2.75, 3.05) is 0 Å². The predicted octanol–water partition coefficient (Wildman–Crippen LogP) is 1.16. The minimum atomic E-state index is 0.00833. The number of Topliss-reactive ketones (excluding diaryl/α,β-unsaturated/α-hetero) is 1. The second kappa shape index (κ2) is 1.90. The topological polar surface area (TPSA) is 29.6 Å². The standard InChI is InChI=1S/C11H12O2/c12-10-9-6-2-1-5(3-6)7(9)4-8-11(10)13-8/h1-2,5-9,11H,3-4H2/t5-,6+,7-,8+,9+,11+/m1/s1. The Balaban J connectivity index is 1.78. The maximum absolute atomic E-state index is 11.9. The van der Waals surface area contributed by atoms with Crippen molar-refractivity contribution in [1.82, 2.24) is 0 Å². The van der Waals surface area contributed by atoms with Crippen molar-refractivity contribution in [1.29, 1.82) is 0 Å². The van der Waals surface area contributed by atoms with Crippen molar-refractivity contribution in [3.05, 3.63) is 12.2 Å². The summed E-state index contributed by atoms with van der Waals surface area (Å²) >= 11 is 0. The third-order valence-electron chi connectivity index (χ3n) is 4.32. The van der Waals surface area contributed by atoms with Gasteiger partial charge in [-0.3, -0.25) is 4.79 Å². The molecular weight excluding hydrogens is 164 g/mol. The van der Waals surface area contributed by atoms with Gasteiger partial charge in [0.2, 0.25) is 0 Å². The van der Waals surface area contributed by atoms with Gasteiger partial charge in [-0.1, -0.05) is 12.2 Å². The molecule has 13 heavy (non-hydrogen) atoms. The summed E-state index contributed by atoms with van der Waals surface area (Å²) in [6, 6.07) is 0. The van der Waals surface area contributed by atoms with Gasteiger partial charge in [0, 0.05) is 5.92 Å². The van der Waals surface area contributed by atoms with E-state index >= 15 is 0 Å². The highest BCUT2D eigenvalue weighted by Gasteiger charge is 2.61. The summed E-state index contributed by atoms with van der Waals surface area (Å²) in [6.07, 6.45) is 7.27. The highest BCUT2D eigenvalue weighted by atomic mass is 16.6. The monoisotopic (exact) mass is 176 g/mol. The summed E-state index contributed by atoms with van der Waals surface area (Å²) in [5, 5.41) is 0. The second-order valence-corrected chi connectivity index (χ2v) is 4.87. The molecule has 2 bridgehead atoms. The average Bonchev–Trinajstić information content (AvgIpc) is 2.64. The summed E-state index contributed by atoms with van der Waals surface area (Å²) < 4.78 is 5.37. The maximum atomic E-state index is 11.9. The van der Waals surface area contributed by atoms with E-state index < -0.39 is 0 Å². The fraction of sp³-hybridized carbons (Fsp3) is 0.727. The summed E-state index contributed by atoms with van der Waals surface area (Å²) in [6.45, 7) is 0. The third kappa shape index (κ3) is 0.678. The van der Waals surface area contributed by atoms with Crippen molar-refractivity contribution in [3.8, 4) is 0 Å². The molecule has 0 amide bonds. The van der Waals surface area contributed by atoms with Crippen LogP contribution in [0.1, 0.15) is 12.8 Å². The van der Waals surface area contributed by atoms with E-state index in [1.807, 2.05) is 0 Å². The van der Waals surface area contributed by atoms with Crippen molar-refractivity contribution in [2.24, 2.45) is 23.7 Å². The Morgan fingerprint density at radius 2 is 2.08 bits per heavy atom. The molecule has 4 aliphatic rings. The maximum Gasteiger partial charge on any atom is 0.168 e. The lowest BCUT2D eigenvalue weighted by Gasteiger charge is -2.28. The zero-order valence-corrected chi connectivity index (χ0v) is 7.35. The van der Waals surface area contributed by atoms with Crippen molar-refractivity contribution in [3.63, 3.8) is 0 Å². The second-order valence-electron chi connectivity index (χ2n) is 4.87. The molecule has 2 saturated carbocycles. The Morgan fingerprint density at radius 1 is 1.23 bits per heavy atom. The van der Waals surface area contributed by atoms with Crippen LogP contribution in [0.5, 0.6) is 0 Å². The summed E-state index contributed by atoms with van der Waals surface area (Å²) in [5.41, 5.74) is 0. The number of fused-ring (bicyclic) bond motifs is 6. The molecule has 0 unspecified atom stereocenters. The van der Waals surface area contributed by atoms with Crippen molar-refractivity contribution < 1.29 is 9.53 Å². The normalized spacial score (nSPS) is 60.8. The van der Waals surface area contributed by atoms with Gasteiger partial charge in [0.1, 0.15) is 6.10 Å². The Bertz CT molecular complexity index is 320. The van der Waals surface area contributed by atoms with E-state index in [0.717, 1.165) is 6.42 Å². The lowest BCUT2D eigenvalue weighted by Crippen LogP contribution is -2.36. The lowest BCUT2D eigenvalue weighted by molar-refractivity contribution is -0.126. The quantitative estimate of drug-likeness (QED) is 0.409. The Kier molecular flexibility index (Phi) is 0.989. The molecule has 68 valence electrons. The minimum absolute atomic E-state index is 0.00833. The first kappa shape index (κ1) is 6.77. The van der Waals surface area contributed by atoms with E-state index in [-0.39, 0.29) is 6.10 Å². The Hall–Kier alpha value is -0.630. The molecule has 0 aromatic carbocycles. The van der Waals surface area contributed by atoms with Crippen LogP contribution in [0.4, 0.5) is 0 Å². The zero-order valence-electron chi connectivity index (χ0n) is 7.35. The van der Waals surface area contributed by atoms with Gasteiger partial charge >= 0.3 is 0 Å². The van der Waals surface area contributed by atoms with Gasteiger partial charge in [-0.15, -0.1) is 0 Å². The fourth-order valence-electron chi connectivity index (χ4n) is 3.70. The lowest BCUT2D eigenvalue weighted by atomic mass is 9.73. The molecule has 3 fully saturated rings. The number of rotatable bonds is 0. The van der Waals surface area contributed by atoms with Gasteiger partial charge in [0.15, 0.2) is 5.78 Å².